The summed E-state index contributed by atoms with van der Waals surface area (Å²) in [5, 5.41) is 9.90. The number of hydrogen-bond donors (Lipinski definition) is 2. The molecule has 0 saturated carbocycles. The molecule has 0 aliphatic rings. The van der Waals surface area contributed by atoms with Crippen molar-refractivity contribution in [2.24, 2.45) is 0 Å². The smallest absolute Gasteiger partial charge is 0.337 e. The van der Waals surface area contributed by atoms with Crippen LogP contribution in [0.25, 0.3) is 10.9 Å². The van der Waals surface area contributed by atoms with Crippen molar-refractivity contribution in [2.75, 3.05) is 0 Å². The first-order valence-corrected chi connectivity index (χ1v) is 6.12. The van der Waals surface area contributed by atoms with Crippen LogP contribution in [-0.2, 0) is 6.42 Å². The van der Waals surface area contributed by atoms with E-state index >= 15 is 0 Å². The van der Waals surface area contributed by atoms with Gasteiger partial charge in [0.25, 0.3) is 0 Å². The van der Waals surface area contributed by atoms with Gasteiger partial charge in [0.05, 0.1) is 5.56 Å². The maximum Gasteiger partial charge on any atom is 0.337 e. The van der Waals surface area contributed by atoms with E-state index in [-0.39, 0.29) is 0 Å². The third-order valence-electron chi connectivity index (χ3n) is 3.27. The van der Waals surface area contributed by atoms with Gasteiger partial charge in [0, 0.05) is 17.1 Å². The standard InChI is InChI=1S/C16H13NO2/c18-16(19)14-10-17-15-12(7-4-8-13(14)15)9-11-5-2-1-3-6-11/h1-8,10,17H,9H2,(H,18,19). The fraction of sp³-hybridized carbons (Fsp3) is 0.0625. The number of hydrogen-bond acceptors (Lipinski definition) is 1. The van der Waals surface area contributed by atoms with Gasteiger partial charge < -0.3 is 10.1 Å². The van der Waals surface area contributed by atoms with E-state index in [2.05, 4.69) is 17.1 Å². The van der Waals surface area contributed by atoms with Crippen molar-refractivity contribution in [3.8, 4) is 0 Å². The number of nitrogens with one attached hydrogen (secondary N) is 1. The second-order valence-electron chi connectivity index (χ2n) is 4.51. The van der Waals surface area contributed by atoms with E-state index in [0.29, 0.717) is 5.56 Å². The Kier molecular flexibility index (Phi) is 2.80. The average Bonchev–Trinajstić information content (AvgIpc) is 2.85. The number of H-pyrrole nitrogens is 1. The first-order chi connectivity index (χ1) is 9.25. The number of para-hydroxylation sites is 1. The van der Waals surface area contributed by atoms with Crippen LogP contribution in [0.2, 0.25) is 0 Å². The summed E-state index contributed by atoms with van der Waals surface area (Å²) in [4.78, 5) is 14.2. The molecule has 0 bridgehead atoms. The zero-order valence-corrected chi connectivity index (χ0v) is 10.3. The van der Waals surface area contributed by atoms with E-state index < -0.39 is 5.97 Å². The quantitative estimate of drug-likeness (QED) is 0.749. The van der Waals surface area contributed by atoms with Gasteiger partial charge in [0.2, 0.25) is 0 Å². The zero-order valence-electron chi connectivity index (χ0n) is 10.3. The van der Waals surface area contributed by atoms with Crippen molar-refractivity contribution < 1.29 is 9.90 Å². The van der Waals surface area contributed by atoms with Gasteiger partial charge in [-0.2, -0.15) is 0 Å². The van der Waals surface area contributed by atoms with E-state index in [1.54, 1.807) is 6.20 Å². The lowest BCUT2D eigenvalue weighted by Gasteiger charge is -2.04. The van der Waals surface area contributed by atoms with E-state index in [9.17, 15) is 4.79 Å². The Bertz CT molecular complexity index is 729. The molecular formula is C16H13NO2. The lowest BCUT2D eigenvalue weighted by atomic mass is 10.0. The number of carboxylic acid groups (broad SMARTS) is 1. The number of benzene rings is 2. The molecule has 0 aliphatic heterocycles. The van der Waals surface area contributed by atoms with Gasteiger partial charge >= 0.3 is 5.97 Å². The van der Waals surface area contributed by atoms with Crippen LogP contribution in [0.5, 0.6) is 0 Å². The molecule has 2 aromatic carbocycles. The van der Waals surface area contributed by atoms with E-state index in [4.69, 9.17) is 5.11 Å². The Labute approximate surface area is 110 Å². The monoisotopic (exact) mass is 251 g/mol. The Morgan fingerprint density at radius 1 is 1.05 bits per heavy atom. The summed E-state index contributed by atoms with van der Waals surface area (Å²) >= 11 is 0. The molecule has 3 aromatic rings. The summed E-state index contributed by atoms with van der Waals surface area (Å²) in [5.74, 6) is -0.900. The van der Waals surface area contributed by atoms with Crippen molar-refractivity contribution in [1.29, 1.82) is 0 Å². The number of carbonyl (C=O) groups is 1. The lowest BCUT2D eigenvalue weighted by Crippen LogP contribution is -1.94. The maximum atomic E-state index is 11.1. The fourth-order valence-electron chi connectivity index (χ4n) is 2.36. The second kappa shape index (κ2) is 4.61. The molecule has 0 fully saturated rings. The molecule has 1 heterocycles. The maximum absolute atomic E-state index is 11.1. The molecule has 3 nitrogen and oxygen atoms in total. The van der Waals surface area contributed by atoms with Crippen LogP contribution in [-0.4, -0.2) is 16.1 Å². The summed E-state index contributed by atoms with van der Waals surface area (Å²) in [6.07, 6.45) is 2.35. The largest absolute Gasteiger partial charge is 0.478 e. The van der Waals surface area contributed by atoms with Gasteiger partial charge in [-0.05, 0) is 17.5 Å². The first kappa shape index (κ1) is 11.5. The van der Waals surface area contributed by atoms with Crippen LogP contribution in [0.15, 0.2) is 54.7 Å². The van der Waals surface area contributed by atoms with Gasteiger partial charge in [0.1, 0.15) is 0 Å². The minimum atomic E-state index is -0.900. The topological polar surface area (TPSA) is 53.1 Å². The van der Waals surface area contributed by atoms with Crippen LogP contribution < -0.4 is 0 Å². The van der Waals surface area contributed by atoms with Gasteiger partial charge in [-0.1, -0.05) is 48.5 Å². The highest BCUT2D eigenvalue weighted by Gasteiger charge is 2.12. The Balaban J connectivity index is 2.07. The summed E-state index contributed by atoms with van der Waals surface area (Å²) in [7, 11) is 0. The van der Waals surface area contributed by atoms with Crippen LogP contribution in [0.1, 0.15) is 21.5 Å². The molecule has 1 aromatic heterocycles. The normalized spacial score (nSPS) is 10.7. The highest BCUT2D eigenvalue weighted by Crippen LogP contribution is 2.23. The summed E-state index contributed by atoms with van der Waals surface area (Å²) in [5.41, 5.74) is 3.55. The number of fused-ring (bicyclic) bond motifs is 1. The molecule has 0 unspecified atom stereocenters. The highest BCUT2D eigenvalue weighted by atomic mass is 16.4. The van der Waals surface area contributed by atoms with Gasteiger partial charge in [-0.3, -0.25) is 0 Å². The number of carboxylic acids is 1. The molecule has 0 amide bonds. The molecule has 0 atom stereocenters. The SMILES string of the molecule is O=C(O)c1c[nH]c2c(Cc3ccccc3)cccc12. The van der Waals surface area contributed by atoms with Crippen LogP contribution >= 0.6 is 0 Å². The number of rotatable bonds is 3. The van der Waals surface area contributed by atoms with Crippen molar-refractivity contribution in [3.05, 3.63) is 71.4 Å². The third-order valence-corrected chi connectivity index (χ3v) is 3.27. The lowest BCUT2D eigenvalue weighted by molar-refractivity contribution is 0.0699. The van der Waals surface area contributed by atoms with Gasteiger partial charge in [-0.15, -0.1) is 0 Å². The molecular weight excluding hydrogens is 238 g/mol. The molecule has 0 saturated heterocycles. The zero-order chi connectivity index (χ0) is 13.2. The van der Waals surface area contributed by atoms with Crippen molar-refractivity contribution in [1.82, 2.24) is 4.98 Å². The molecule has 19 heavy (non-hydrogen) atoms. The summed E-state index contributed by atoms with van der Waals surface area (Å²) < 4.78 is 0. The first-order valence-electron chi connectivity index (χ1n) is 6.12. The molecule has 0 radical (unpaired) electrons. The molecule has 3 heteroatoms. The van der Waals surface area contributed by atoms with Crippen molar-refractivity contribution in [2.45, 2.75) is 6.42 Å². The van der Waals surface area contributed by atoms with E-state index in [1.807, 2.05) is 36.4 Å². The minimum Gasteiger partial charge on any atom is -0.478 e. The summed E-state index contributed by atoms with van der Waals surface area (Å²) in [6, 6.07) is 15.9. The number of aromatic carboxylic acids is 1. The summed E-state index contributed by atoms with van der Waals surface area (Å²) in [6.45, 7) is 0. The van der Waals surface area contributed by atoms with Crippen molar-refractivity contribution in [3.63, 3.8) is 0 Å². The Morgan fingerprint density at radius 3 is 2.58 bits per heavy atom. The molecule has 2 N–H and O–H groups in total. The van der Waals surface area contributed by atoms with Crippen LogP contribution in [0.3, 0.4) is 0 Å². The van der Waals surface area contributed by atoms with E-state index in [1.165, 1.54) is 5.56 Å². The third kappa shape index (κ3) is 2.10. The average molecular weight is 251 g/mol. The Hall–Kier alpha value is -2.55. The fourth-order valence-corrected chi connectivity index (χ4v) is 2.36. The van der Waals surface area contributed by atoms with Crippen LogP contribution in [0.4, 0.5) is 0 Å². The number of aromatic nitrogens is 1. The molecule has 0 spiro atoms. The van der Waals surface area contributed by atoms with Gasteiger partial charge in [-0.25, -0.2) is 4.79 Å². The highest BCUT2D eigenvalue weighted by molar-refractivity contribution is 6.04. The second-order valence-corrected chi connectivity index (χ2v) is 4.51. The van der Waals surface area contributed by atoms with Crippen LogP contribution in [0, 0.1) is 0 Å². The molecule has 0 aliphatic carbocycles. The van der Waals surface area contributed by atoms with E-state index in [0.717, 1.165) is 22.9 Å². The predicted octanol–water partition coefficient (Wildman–Crippen LogP) is 3.46. The molecule has 94 valence electrons. The predicted molar refractivity (Wildman–Crippen MR) is 74.5 cm³/mol. The molecule has 3 rings (SSSR count). The minimum absolute atomic E-state index is 0.324. The Morgan fingerprint density at radius 2 is 1.84 bits per heavy atom. The number of aromatic amines is 1. The van der Waals surface area contributed by atoms with Crippen molar-refractivity contribution >= 4 is 16.9 Å². The van der Waals surface area contributed by atoms with Gasteiger partial charge in [0.15, 0.2) is 0 Å².